The SMILES string of the molecule is CC1(C2CCC3(C(=O)N4CCCC4c4ncc(-c5ccccc5)[nH]4)CCC4(C)C(CCC5C6(C)CCC(OC(=O)C7CC(C(=O)OCc8ccccc8)C7(C)C)C(C)(C)C6CCC54C)C23)CC1. The van der Waals surface area contributed by atoms with Gasteiger partial charge in [-0.2, -0.15) is 0 Å². The van der Waals surface area contributed by atoms with E-state index in [1.165, 1.54) is 38.5 Å². The molecule has 1 aliphatic heterocycles. The Bertz CT molecular complexity index is 2390. The van der Waals surface area contributed by atoms with Crippen molar-refractivity contribution in [2.75, 3.05) is 6.54 Å². The average molecular weight is 910 g/mol. The van der Waals surface area contributed by atoms with Crippen molar-refractivity contribution in [2.45, 2.75) is 170 Å². The third-order valence-corrected chi connectivity index (χ3v) is 22.6. The van der Waals surface area contributed by atoms with Crippen LogP contribution in [-0.4, -0.2) is 45.4 Å². The summed E-state index contributed by atoms with van der Waals surface area (Å²) < 4.78 is 12.4. The number of nitrogens with one attached hydrogen (secondary N) is 1. The second-order valence-corrected chi connectivity index (χ2v) is 25.9. The molecular weight excluding hydrogens is 831 g/mol. The number of rotatable bonds is 9. The summed E-state index contributed by atoms with van der Waals surface area (Å²) in [7, 11) is 0. The van der Waals surface area contributed by atoms with E-state index in [4.69, 9.17) is 14.5 Å². The quantitative estimate of drug-likeness (QED) is 0.215. The van der Waals surface area contributed by atoms with Gasteiger partial charge in [0.1, 0.15) is 18.5 Å². The normalized spacial score (nSPS) is 40.8. The van der Waals surface area contributed by atoms with Crippen LogP contribution < -0.4 is 0 Å². The van der Waals surface area contributed by atoms with Gasteiger partial charge >= 0.3 is 11.9 Å². The average Bonchev–Trinajstić information content (AvgIpc) is 3.68. The van der Waals surface area contributed by atoms with Gasteiger partial charge in [0.2, 0.25) is 5.91 Å². The fraction of sp³-hybridized carbons (Fsp3) is 0.695. The first-order chi connectivity index (χ1) is 31.9. The number of hydrogen-bond acceptors (Lipinski definition) is 6. The molecule has 7 saturated carbocycles. The van der Waals surface area contributed by atoms with Crippen LogP contribution in [0, 0.1) is 79.3 Å². The lowest BCUT2D eigenvalue weighted by Gasteiger charge is -2.73. The van der Waals surface area contributed by atoms with E-state index in [1.54, 1.807) is 0 Å². The van der Waals surface area contributed by atoms with E-state index >= 15 is 4.79 Å². The molecule has 0 radical (unpaired) electrons. The van der Waals surface area contributed by atoms with E-state index in [0.717, 1.165) is 80.6 Å². The molecule has 3 aromatic rings. The first-order valence-corrected chi connectivity index (χ1v) is 26.7. The first-order valence-electron chi connectivity index (χ1n) is 26.7. The van der Waals surface area contributed by atoms with Crippen molar-refractivity contribution < 1.29 is 23.9 Å². The fourth-order valence-corrected chi connectivity index (χ4v) is 18.1. The summed E-state index contributed by atoms with van der Waals surface area (Å²) in [6.07, 6.45) is 18.1. The van der Waals surface area contributed by atoms with Crippen LogP contribution in [0.3, 0.4) is 0 Å². The number of benzene rings is 2. The molecule has 1 aromatic heterocycles. The Balaban J connectivity index is 0.806. The Labute approximate surface area is 400 Å². The molecule has 13 atom stereocenters. The number of amides is 1. The molecular formula is C59H79N3O5. The number of ether oxygens (including phenoxy) is 2. The summed E-state index contributed by atoms with van der Waals surface area (Å²) in [5, 5.41) is 0. The van der Waals surface area contributed by atoms with E-state index in [1.807, 2.05) is 56.4 Å². The van der Waals surface area contributed by atoms with E-state index in [2.05, 4.69) is 75.7 Å². The highest BCUT2D eigenvalue weighted by atomic mass is 16.5. The largest absolute Gasteiger partial charge is 0.462 e. The van der Waals surface area contributed by atoms with Gasteiger partial charge in [-0.15, -0.1) is 0 Å². The van der Waals surface area contributed by atoms with Gasteiger partial charge in [0, 0.05) is 12.0 Å². The summed E-state index contributed by atoms with van der Waals surface area (Å²) in [5.41, 5.74) is 2.99. The highest BCUT2D eigenvalue weighted by Crippen LogP contribution is 2.79. The zero-order valence-electron chi connectivity index (χ0n) is 42.0. The summed E-state index contributed by atoms with van der Waals surface area (Å²) >= 11 is 0. The van der Waals surface area contributed by atoms with Crippen molar-refractivity contribution in [1.29, 1.82) is 0 Å². The van der Waals surface area contributed by atoms with E-state index < -0.39 is 5.41 Å². The molecule has 360 valence electrons. The first kappa shape index (κ1) is 45.5. The Kier molecular flexibility index (Phi) is 10.7. The van der Waals surface area contributed by atoms with Gasteiger partial charge in [-0.25, -0.2) is 4.98 Å². The van der Waals surface area contributed by atoms with Gasteiger partial charge in [0.25, 0.3) is 0 Å². The molecule has 7 aliphatic carbocycles. The number of carbonyl (C=O) groups excluding carboxylic acids is 3. The summed E-state index contributed by atoms with van der Waals surface area (Å²) in [4.78, 5) is 54.1. The number of esters is 2. The number of aromatic nitrogens is 2. The fourth-order valence-electron chi connectivity index (χ4n) is 18.1. The van der Waals surface area contributed by atoms with Crippen molar-refractivity contribution >= 4 is 17.8 Å². The van der Waals surface area contributed by atoms with Crippen LogP contribution in [0.15, 0.2) is 66.9 Å². The van der Waals surface area contributed by atoms with Crippen LogP contribution in [0.25, 0.3) is 11.3 Å². The number of imidazole rings is 1. The minimum atomic E-state index is -0.515. The second-order valence-electron chi connectivity index (χ2n) is 25.9. The third kappa shape index (κ3) is 6.75. The molecule has 1 N–H and O–H groups in total. The summed E-state index contributed by atoms with van der Waals surface area (Å²) in [5.74, 6) is 3.04. The molecule has 1 amide bonds. The maximum atomic E-state index is 15.8. The van der Waals surface area contributed by atoms with Gasteiger partial charge in [0.15, 0.2) is 0 Å². The van der Waals surface area contributed by atoms with Crippen molar-refractivity contribution in [3.63, 3.8) is 0 Å². The van der Waals surface area contributed by atoms with Crippen LogP contribution >= 0.6 is 0 Å². The third-order valence-electron chi connectivity index (χ3n) is 22.6. The molecule has 0 bridgehead atoms. The lowest BCUT2D eigenvalue weighted by molar-refractivity contribution is -0.253. The predicted molar refractivity (Wildman–Crippen MR) is 261 cm³/mol. The minimum absolute atomic E-state index is 0.0104. The number of likely N-dealkylation sites (tertiary alicyclic amines) is 1. The topological polar surface area (TPSA) is 102 Å². The summed E-state index contributed by atoms with van der Waals surface area (Å²) in [6, 6.07) is 20.2. The maximum Gasteiger partial charge on any atom is 0.309 e. The summed E-state index contributed by atoms with van der Waals surface area (Å²) in [6.45, 7) is 20.6. The number of hydrogen-bond donors (Lipinski definition) is 1. The van der Waals surface area contributed by atoms with E-state index in [9.17, 15) is 9.59 Å². The Morgan fingerprint density at radius 2 is 1.40 bits per heavy atom. The van der Waals surface area contributed by atoms with Crippen molar-refractivity contribution in [1.82, 2.24) is 14.9 Å². The number of aromatic amines is 1. The molecule has 8 heteroatoms. The molecule has 1 saturated heterocycles. The number of H-pyrrole nitrogens is 1. The number of fused-ring (bicyclic) bond motifs is 7. The number of carbonyl (C=O) groups is 3. The van der Waals surface area contributed by atoms with Gasteiger partial charge in [-0.1, -0.05) is 116 Å². The van der Waals surface area contributed by atoms with Crippen LogP contribution in [0.5, 0.6) is 0 Å². The lowest BCUT2D eigenvalue weighted by atomic mass is 9.32. The standard InChI is InChI=1S/C59H79N3O5/c1-53(2)41(50(63)66-36-37-16-11-9-12-17-37)34-42(53)51(64)67-47-25-26-56(6)45(54(47,3)4)24-27-58(8)46(56)22-21-40-48-39(55(5)29-30-55)23-28-59(48,32-31-57(40,58)7)52(65)62-33-15-20-44(62)49-60-35-43(61-49)38-18-13-10-14-19-38/h9-14,16-19,35,39-42,44-48H,15,20-34,36H2,1-8H3,(H,60,61). The second kappa shape index (κ2) is 15.8. The van der Waals surface area contributed by atoms with Crippen LogP contribution in [-0.2, 0) is 30.5 Å². The molecule has 2 heterocycles. The molecule has 8 nitrogen and oxygen atoms in total. The molecule has 0 spiro atoms. The van der Waals surface area contributed by atoms with Gasteiger partial charge in [-0.3, -0.25) is 14.4 Å². The van der Waals surface area contributed by atoms with Crippen LogP contribution in [0.1, 0.15) is 169 Å². The lowest BCUT2D eigenvalue weighted by Crippen LogP contribution is -2.67. The highest BCUT2D eigenvalue weighted by Gasteiger charge is 2.74. The molecule has 13 unspecified atom stereocenters. The van der Waals surface area contributed by atoms with E-state index in [0.29, 0.717) is 47.3 Å². The van der Waals surface area contributed by atoms with Gasteiger partial charge in [-0.05, 0) is 164 Å². The van der Waals surface area contributed by atoms with Gasteiger partial charge < -0.3 is 19.4 Å². The zero-order valence-corrected chi connectivity index (χ0v) is 42.0. The maximum absolute atomic E-state index is 15.8. The molecule has 2 aromatic carbocycles. The molecule has 8 aliphatic rings. The van der Waals surface area contributed by atoms with Crippen LogP contribution in [0.2, 0.25) is 0 Å². The molecule has 11 rings (SSSR count). The zero-order chi connectivity index (χ0) is 46.9. The van der Waals surface area contributed by atoms with Crippen molar-refractivity contribution in [3.8, 4) is 11.3 Å². The Morgan fingerprint density at radius 3 is 2.12 bits per heavy atom. The molecule has 67 heavy (non-hydrogen) atoms. The molecule has 8 fully saturated rings. The van der Waals surface area contributed by atoms with Crippen molar-refractivity contribution in [3.05, 3.63) is 78.2 Å². The van der Waals surface area contributed by atoms with E-state index in [-0.39, 0.29) is 69.6 Å². The van der Waals surface area contributed by atoms with Gasteiger partial charge in [0.05, 0.1) is 35.2 Å². The monoisotopic (exact) mass is 910 g/mol. The predicted octanol–water partition coefficient (Wildman–Crippen LogP) is 12.9. The van der Waals surface area contributed by atoms with Crippen molar-refractivity contribution in [2.24, 2.45) is 79.3 Å². The van der Waals surface area contributed by atoms with Crippen LogP contribution in [0.4, 0.5) is 0 Å². The Hall–Kier alpha value is -3.94. The number of nitrogens with zero attached hydrogens (tertiary/aromatic N) is 2. The Morgan fingerprint density at radius 1 is 0.687 bits per heavy atom. The highest BCUT2D eigenvalue weighted by molar-refractivity contribution is 5.85. The smallest absolute Gasteiger partial charge is 0.309 e. The minimum Gasteiger partial charge on any atom is -0.462 e.